The Labute approximate surface area is 748 Å². The Morgan fingerprint density at radius 2 is 0.492 bits per heavy atom. The summed E-state index contributed by atoms with van der Waals surface area (Å²) in [4.78, 5) is 4.88. The average Bonchev–Trinajstić information content (AvgIpc) is 1.61. The number of benzene rings is 22. The van der Waals surface area contributed by atoms with E-state index < -0.39 is 0 Å². The molecule has 0 spiro atoms. The van der Waals surface area contributed by atoms with E-state index in [2.05, 4.69) is 447 Å². The van der Waals surface area contributed by atoms with E-state index in [1.54, 1.807) is 0 Å². The van der Waals surface area contributed by atoms with Crippen molar-refractivity contribution in [3.8, 4) is 100 Å². The Balaban J connectivity index is 0.618. The van der Waals surface area contributed by atoms with Gasteiger partial charge < -0.3 is 27.5 Å². The standard InChI is InChI=1S/C124H76N2O4/c1-3-22-80(23-4-1)97-62-54-88(95-39-20-29-79-26-7-10-32-94(79)95)73-113(97)125(90-56-44-77(45-57-90)85-52-64-108-106-37-15-17-41-115(106)127-118(108)75-85)91-60-48-84(49-61-91)100-69-71-110(124-121(100)112-67-51-83-28-9-12-34-102(83)123(112)130-124)105-70-68-96(103-35-13-14-36-104(103)105)89-55-63-98(81-24-5-2-6-25-81)114(74-89)126(92-58-46-78(47-59-92)86-53-65-109-107-38-16-18-42-116(107)128-119(109)76-86)93-31-19-30-87(72-93)99-40-21-43-117-120(99)111-66-50-82-27-8-11-33-101(82)122(111)129-117/h1-76H. The minimum atomic E-state index is 0.823. The number of hydrogen-bond donors (Lipinski definition) is 0. The molecule has 6 nitrogen and oxygen atoms in total. The zero-order valence-electron chi connectivity index (χ0n) is 70.4. The smallest absolute Gasteiger partial charge is 0.143 e. The third kappa shape index (κ3) is 12.3. The lowest BCUT2D eigenvalue weighted by Gasteiger charge is -2.29. The third-order valence-corrected chi connectivity index (χ3v) is 26.7. The van der Waals surface area contributed by atoms with Crippen molar-refractivity contribution in [3.63, 3.8) is 0 Å². The Morgan fingerprint density at radius 1 is 0.138 bits per heavy atom. The first-order valence-electron chi connectivity index (χ1n) is 44.4. The number of hydrogen-bond acceptors (Lipinski definition) is 6. The highest BCUT2D eigenvalue weighted by molar-refractivity contribution is 6.24. The fourth-order valence-corrected chi connectivity index (χ4v) is 20.5. The van der Waals surface area contributed by atoms with Crippen LogP contribution in [0.1, 0.15) is 0 Å². The van der Waals surface area contributed by atoms with Gasteiger partial charge in [0.2, 0.25) is 0 Å². The summed E-state index contributed by atoms with van der Waals surface area (Å²) in [5.41, 5.74) is 32.5. The Morgan fingerprint density at radius 3 is 1.08 bits per heavy atom. The van der Waals surface area contributed by atoms with Gasteiger partial charge in [-0.3, -0.25) is 0 Å². The maximum Gasteiger partial charge on any atom is 0.143 e. The van der Waals surface area contributed by atoms with E-state index in [9.17, 15) is 0 Å². The summed E-state index contributed by atoms with van der Waals surface area (Å²) in [7, 11) is 0. The van der Waals surface area contributed by atoms with Crippen molar-refractivity contribution in [3.05, 3.63) is 461 Å². The van der Waals surface area contributed by atoms with Gasteiger partial charge in [0, 0.05) is 93.3 Å². The van der Waals surface area contributed by atoms with Gasteiger partial charge in [-0.05, 0) is 237 Å². The molecule has 130 heavy (non-hydrogen) atoms. The second kappa shape index (κ2) is 30.2. The molecule has 26 aromatic rings. The molecule has 6 heteroatoms. The van der Waals surface area contributed by atoms with E-state index in [0.717, 1.165) is 249 Å². The van der Waals surface area contributed by atoms with E-state index in [0.29, 0.717) is 0 Å². The van der Waals surface area contributed by atoms with Crippen LogP contribution in [0.3, 0.4) is 0 Å². The van der Waals surface area contributed by atoms with Gasteiger partial charge >= 0.3 is 0 Å². The van der Waals surface area contributed by atoms with Crippen LogP contribution in [0.4, 0.5) is 34.1 Å². The lowest BCUT2D eigenvalue weighted by Crippen LogP contribution is -2.11. The highest BCUT2D eigenvalue weighted by Crippen LogP contribution is 2.53. The van der Waals surface area contributed by atoms with Crippen LogP contribution < -0.4 is 9.80 Å². The van der Waals surface area contributed by atoms with Gasteiger partial charge in [0.15, 0.2) is 0 Å². The Hall–Kier alpha value is -17.3. The minimum absolute atomic E-state index is 0.823. The lowest BCUT2D eigenvalue weighted by molar-refractivity contribution is 0.668. The van der Waals surface area contributed by atoms with Gasteiger partial charge in [0.1, 0.15) is 44.7 Å². The van der Waals surface area contributed by atoms with Crippen molar-refractivity contribution in [2.75, 3.05) is 9.80 Å². The van der Waals surface area contributed by atoms with E-state index in [4.69, 9.17) is 17.7 Å². The van der Waals surface area contributed by atoms with Gasteiger partial charge in [-0.1, -0.05) is 340 Å². The first-order chi connectivity index (χ1) is 64.4. The van der Waals surface area contributed by atoms with Crippen LogP contribution in [0, 0.1) is 0 Å². The van der Waals surface area contributed by atoms with Crippen molar-refractivity contribution in [1.82, 2.24) is 0 Å². The van der Waals surface area contributed by atoms with Crippen molar-refractivity contribution >= 4 is 165 Å². The van der Waals surface area contributed by atoms with Crippen LogP contribution >= 0.6 is 0 Å². The molecule has 22 aromatic carbocycles. The molecule has 4 aromatic heterocycles. The number of fused-ring (bicyclic) bond motifs is 18. The summed E-state index contributed by atoms with van der Waals surface area (Å²) in [5.74, 6) is 0. The fourth-order valence-electron chi connectivity index (χ4n) is 20.5. The molecule has 0 aliphatic carbocycles. The normalized spacial score (nSPS) is 11.8. The summed E-state index contributed by atoms with van der Waals surface area (Å²) >= 11 is 0. The third-order valence-electron chi connectivity index (χ3n) is 26.7. The van der Waals surface area contributed by atoms with Gasteiger partial charge in [0.25, 0.3) is 0 Å². The molecule has 0 aliphatic rings. The first-order valence-corrected chi connectivity index (χ1v) is 44.4. The summed E-state index contributed by atoms with van der Waals surface area (Å²) < 4.78 is 27.3. The Bertz CT molecular complexity index is 9040. The molecule has 0 aliphatic heterocycles. The minimum Gasteiger partial charge on any atom is -0.456 e. The molecule has 0 saturated heterocycles. The summed E-state index contributed by atoms with van der Waals surface area (Å²) in [6.07, 6.45) is 0. The molecule has 0 radical (unpaired) electrons. The van der Waals surface area contributed by atoms with Crippen molar-refractivity contribution in [1.29, 1.82) is 0 Å². The second-order valence-electron chi connectivity index (χ2n) is 34.0. The fraction of sp³-hybridized carbons (Fsp3) is 0. The lowest BCUT2D eigenvalue weighted by atomic mass is 9.89. The van der Waals surface area contributed by atoms with Gasteiger partial charge in [-0.15, -0.1) is 0 Å². The largest absolute Gasteiger partial charge is 0.456 e. The van der Waals surface area contributed by atoms with Crippen molar-refractivity contribution in [2.24, 2.45) is 0 Å². The van der Waals surface area contributed by atoms with E-state index >= 15 is 0 Å². The number of para-hydroxylation sites is 2. The molecule has 0 amide bonds. The molecule has 0 N–H and O–H groups in total. The van der Waals surface area contributed by atoms with Crippen LogP contribution in [0.5, 0.6) is 0 Å². The molecule has 0 bridgehead atoms. The van der Waals surface area contributed by atoms with Crippen LogP contribution in [-0.2, 0) is 0 Å². The summed E-state index contributed by atoms with van der Waals surface area (Å²) in [6.45, 7) is 0. The van der Waals surface area contributed by atoms with Gasteiger partial charge in [0.05, 0.1) is 11.4 Å². The van der Waals surface area contributed by atoms with Crippen LogP contribution in [0.2, 0.25) is 0 Å². The monoisotopic (exact) mass is 1660 g/mol. The zero-order chi connectivity index (χ0) is 85.4. The SMILES string of the molecule is c1ccc(-c2ccc(-c3cccc4ccccc34)cc2N(c2ccc(-c3ccc4c(c3)oc3ccccc34)cc2)c2ccc(-c3ccc(-c4ccc(-c5ccc(-c6ccccc6)c(N(c6ccc(-c7ccc8c(c7)oc7ccccc78)cc6)c6cccc(-c7cccc8oc9c%10ccccc%10ccc9c78)c6)c5)c5ccccc45)c4oc5c6ccccc6ccc5c34)cc2)cc1. The molecule has 26 rings (SSSR count). The number of rotatable bonds is 15. The second-order valence-corrected chi connectivity index (χ2v) is 34.0. The highest BCUT2D eigenvalue weighted by atomic mass is 16.3. The molecule has 606 valence electrons. The number of furan rings is 4. The highest BCUT2D eigenvalue weighted by Gasteiger charge is 2.28. The number of anilines is 6. The molecule has 0 fully saturated rings. The molecular formula is C124H76N2O4. The molecule has 4 heterocycles. The quantitative estimate of drug-likeness (QED) is 0.102. The van der Waals surface area contributed by atoms with E-state index in [1.165, 1.54) is 16.3 Å². The van der Waals surface area contributed by atoms with Gasteiger partial charge in [-0.25, -0.2) is 0 Å². The van der Waals surface area contributed by atoms with Crippen molar-refractivity contribution < 1.29 is 17.7 Å². The maximum atomic E-state index is 7.56. The summed E-state index contributed by atoms with van der Waals surface area (Å²) in [6, 6.07) is 168. The van der Waals surface area contributed by atoms with E-state index in [-0.39, 0.29) is 0 Å². The van der Waals surface area contributed by atoms with Gasteiger partial charge in [-0.2, -0.15) is 0 Å². The molecular weight excluding hydrogens is 1580 g/mol. The number of nitrogens with zero attached hydrogens (tertiary/aromatic N) is 2. The first kappa shape index (κ1) is 74.1. The summed E-state index contributed by atoms with van der Waals surface area (Å²) in [5, 5.41) is 17.7. The van der Waals surface area contributed by atoms with Crippen LogP contribution in [0.15, 0.2) is 479 Å². The van der Waals surface area contributed by atoms with Crippen LogP contribution in [0.25, 0.3) is 231 Å². The zero-order valence-corrected chi connectivity index (χ0v) is 70.4. The molecule has 0 unspecified atom stereocenters. The average molecular weight is 1660 g/mol. The van der Waals surface area contributed by atoms with Crippen LogP contribution in [-0.4, -0.2) is 0 Å². The molecule has 0 saturated carbocycles. The maximum absolute atomic E-state index is 7.56. The molecule has 0 atom stereocenters. The van der Waals surface area contributed by atoms with E-state index in [1.807, 2.05) is 24.3 Å². The van der Waals surface area contributed by atoms with Crippen molar-refractivity contribution in [2.45, 2.75) is 0 Å². The predicted molar refractivity (Wildman–Crippen MR) is 544 cm³/mol. The Kier molecular flexibility index (Phi) is 17.2. The topological polar surface area (TPSA) is 59.0 Å². The predicted octanol–water partition coefficient (Wildman–Crippen LogP) is 35.8.